The third-order valence-electron chi connectivity index (χ3n) is 3.15. The Bertz CT molecular complexity index is 635. The van der Waals surface area contributed by atoms with Crippen LogP contribution in [0, 0.1) is 18.6 Å². The van der Waals surface area contributed by atoms with Gasteiger partial charge in [-0.3, -0.25) is 0 Å². The average Bonchev–Trinajstić information content (AvgIpc) is 2.43. The highest BCUT2D eigenvalue weighted by atomic mass is 19.2. The molecule has 0 bridgehead atoms. The van der Waals surface area contributed by atoms with Crippen LogP contribution >= 0.6 is 0 Å². The van der Waals surface area contributed by atoms with Gasteiger partial charge in [0.15, 0.2) is 11.6 Å². The number of ether oxygens (including phenoxy) is 1. The van der Waals surface area contributed by atoms with Crippen molar-refractivity contribution in [3.63, 3.8) is 0 Å². The quantitative estimate of drug-likeness (QED) is 0.860. The number of aromatic nitrogens is 1. The molecule has 1 unspecified atom stereocenters. The van der Waals surface area contributed by atoms with E-state index >= 15 is 0 Å². The molecule has 2 aromatic rings. The Balaban J connectivity index is 2.22. The molecule has 1 heterocycles. The fraction of sp³-hybridized carbons (Fsp3) is 0.400. The fourth-order valence-corrected chi connectivity index (χ4v) is 2.16. The van der Waals surface area contributed by atoms with Crippen LogP contribution < -0.4 is 5.32 Å². The lowest BCUT2D eigenvalue weighted by Gasteiger charge is -2.13. The largest absolute Gasteiger partial charge is 0.391 e. The Kier molecular flexibility index (Phi) is 5.03. The lowest BCUT2D eigenvalue weighted by atomic mass is 10.1. The standard InChI is InChI=1S/C15H18F2N2O2/c1-9-7-13(18-6-5-10(20)8-21-2)11-3-4-12(16)14(17)15(11)19-9/h3-4,7,10,20H,5-6,8H2,1-2H3,(H,18,19). The minimum atomic E-state index is -0.946. The van der Waals surface area contributed by atoms with Gasteiger partial charge in [0.25, 0.3) is 0 Å². The second-order valence-corrected chi connectivity index (χ2v) is 4.89. The zero-order valence-corrected chi connectivity index (χ0v) is 12.0. The summed E-state index contributed by atoms with van der Waals surface area (Å²) in [7, 11) is 1.52. The molecular formula is C15H18F2N2O2. The van der Waals surface area contributed by atoms with E-state index < -0.39 is 17.7 Å². The van der Waals surface area contributed by atoms with Gasteiger partial charge in [-0.05, 0) is 31.5 Å². The molecule has 114 valence electrons. The number of halogens is 2. The van der Waals surface area contributed by atoms with E-state index in [0.717, 1.165) is 6.07 Å². The highest BCUT2D eigenvalue weighted by molar-refractivity contribution is 5.91. The first-order chi connectivity index (χ1) is 10.0. The highest BCUT2D eigenvalue weighted by Gasteiger charge is 2.12. The van der Waals surface area contributed by atoms with Crippen LogP contribution in [0.15, 0.2) is 18.2 Å². The molecule has 1 atom stereocenters. The average molecular weight is 296 g/mol. The molecular weight excluding hydrogens is 278 g/mol. The first kappa shape index (κ1) is 15.6. The van der Waals surface area contributed by atoms with Crippen molar-refractivity contribution in [3.8, 4) is 0 Å². The Hall–Kier alpha value is -1.79. The second kappa shape index (κ2) is 6.78. The number of pyridine rings is 1. The van der Waals surface area contributed by atoms with E-state index in [9.17, 15) is 13.9 Å². The summed E-state index contributed by atoms with van der Waals surface area (Å²) in [6.07, 6.45) is -0.0775. The number of aryl methyl sites for hydroxylation is 1. The number of aliphatic hydroxyl groups excluding tert-OH is 1. The van der Waals surface area contributed by atoms with E-state index in [0.29, 0.717) is 29.7 Å². The third-order valence-corrected chi connectivity index (χ3v) is 3.15. The topological polar surface area (TPSA) is 54.4 Å². The van der Waals surface area contributed by atoms with Crippen LogP contribution in [0.2, 0.25) is 0 Å². The first-order valence-electron chi connectivity index (χ1n) is 6.69. The van der Waals surface area contributed by atoms with E-state index in [1.54, 1.807) is 13.0 Å². The lowest BCUT2D eigenvalue weighted by Crippen LogP contribution is -2.18. The number of hydrogen-bond acceptors (Lipinski definition) is 4. The van der Waals surface area contributed by atoms with Crippen molar-refractivity contribution in [1.29, 1.82) is 0 Å². The molecule has 0 fully saturated rings. The minimum absolute atomic E-state index is 0.00920. The summed E-state index contributed by atoms with van der Waals surface area (Å²) in [4.78, 5) is 4.04. The zero-order valence-electron chi connectivity index (χ0n) is 12.0. The van der Waals surface area contributed by atoms with Crippen LogP contribution in [0.25, 0.3) is 10.9 Å². The van der Waals surface area contributed by atoms with Gasteiger partial charge in [0.05, 0.1) is 12.7 Å². The summed E-state index contributed by atoms with van der Waals surface area (Å²) in [5.74, 6) is -1.86. The maximum Gasteiger partial charge on any atom is 0.185 e. The molecule has 0 spiro atoms. The van der Waals surface area contributed by atoms with Gasteiger partial charge in [0, 0.05) is 30.4 Å². The molecule has 0 saturated carbocycles. The van der Waals surface area contributed by atoms with Crippen molar-refractivity contribution in [2.75, 3.05) is 25.6 Å². The molecule has 0 radical (unpaired) electrons. The van der Waals surface area contributed by atoms with E-state index in [4.69, 9.17) is 4.74 Å². The van der Waals surface area contributed by atoms with Crippen molar-refractivity contribution in [3.05, 3.63) is 35.5 Å². The van der Waals surface area contributed by atoms with Gasteiger partial charge in [0.2, 0.25) is 0 Å². The smallest absolute Gasteiger partial charge is 0.185 e. The normalized spacial score (nSPS) is 12.6. The van der Waals surface area contributed by atoms with Gasteiger partial charge in [0.1, 0.15) is 5.52 Å². The number of nitrogens with one attached hydrogen (secondary N) is 1. The van der Waals surface area contributed by atoms with Crippen LogP contribution in [0.5, 0.6) is 0 Å². The zero-order chi connectivity index (χ0) is 15.4. The number of fused-ring (bicyclic) bond motifs is 1. The number of nitrogens with zero attached hydrogens (tertiary/aromatic N) is 1. The summed E-state index contributed by atoms with van der Waals surface area (Å²) in [6.45, 7) is 2.47. The summed E-state index contributed by atoms with van der Waals surface area (Å²) < 4.78 is 31.9. The number of benzene rings is 1. The molecule has 0 amide bonds. The maximum atomic E-state index is 13.8. The van der Waals surface area contributed by atoms with Crippen molar-refractivity contribution in [2.24, 2.45) is 0 Å². The van der Waals surface area contributed by atoms with Crippen molar-refractivity contribution >= 4 is 16.6 Å². The molecule has 0 aliphatic heterocycles. The van der Waals surface area contributed by atoms with Crippen LogP contribution in [0.3, 0.4) is 0 Å². The molecule has 2 rings (SSSR count). The third kappa shape index (κ3) is 3.65. The van der Waals surface area contributed by atoms with Crippen LogP contribution in [-0.2, 0) is 4.74 Å². The van der Waals surface area contributed by atoms with E-state index in [2.05, 4.69) is 10.3 Å². The maximum absolute atomic E-state index is 13.8. The van der Waals surface area contributed by atoms with E-state index in [1.807, 2.05) is 0 Å². The van der Waals surface area contributed by atoms with E-state index in [1.165, 1.54) is 13.2 Å². The van der Waals surface area contributed by atoms with Crippen molar-refractivity contribution in [1.82, 2.24) is 4.98 Å². The second-order valence-electron chi connectivity index (χ2n) is 4.89. The first-order valence-corrected chi connectivity index (χ1v) is 6.69. The van der Waals surface area contributed by atoms with Crippen molar-refractivity contribution < 1.29 is 18.6 Å². The lowest BCUT2D eigenvalue weighted by molar-refractivity contribution is 0.0615. The molecule has 0 aliphatic carbocycles. The Labute approximate surface area is 121 Å². The van der Waals surface area contributed by atoms with Crippen LogP contribution in [-0.4, -0.2) is 36.5 Å². The molecule has 0 saturated heterocycles. The van der Waals surface area contributed by atoms with E-state index in [-0.39, 0.29) is 12.1 Å². The molecule has 4 nitrogen and oxygen atoms in total. The molecule has 0 aliphatic rings. The highest BCUT2D eigenvalue weighted by Crippen LogP contribution is 2.26. The van der Waals surface area contributed by atoms with Gasteiger partial charge in [-0.1, -0.05) is 0 Å². The number of anilines is 1. The summed E-state index contributed by atoms with van der Waals surface area (Å²) in [6, 6.07) is 4.34. The number of methoxy groups -OCH3 is 1. The molecule has 1 aromatic heterocycles. The fourth-order valence-electron chi connectivity index (χ4n) is 2.16. The Morgan fingerprint density at radius 1 is 1.38 bits per heavy atom. The summed E-state index contributed by atoms with van der Waals surface area (Å²) >= 11 is 0. The van der Waals surface area contributed by atoms with Gasteiger partial charge < -0.3 is 15.2 Å². The molecule has 6 heteroatoms. The predicted octanol–water partition coefficient (Wildman–Crippen LogP) is 2.63. The monoisotopic (exact) mass is 296 g/mol. The Morgan fingerprint density at radius 3 is 2.86 bits per heavy atom. The Morgan fingerprint density at radius 2 is 2.14 bits per heavy atom. The van der Waals surface area contributed by atoms with Gasteiger partial charge >= 0.3 is 0 Å². The number of rotatable bonds is 6. The molecule has 21 heavy (non-hydrogen) atoms. The predicted molar refractivity (Wildman–Crippen MR) is 77.4 cm³/mol. The van der Waals surface area contributed by atoms with Gasteiger partial charge in [-0.15, -0.1) is 0 Å². The molecule has 2 N–H and O–H groups in total. The molecule has 1 aromatic carbocycles. The van der Waals surface area contributed by atoms with Gasteiger partial charge in [-0.25, -0.2) is 13.8 Å². The van der Waals surface area contributed by atoms with Crippen LogP contribution in [0.1, 0.15) is 12.1 Å². The summed E-state index contributed by atoms with van der Waals surface area (Å²) in [5.41, 5.74) is 1.27. The minimum Gasteiger partial charge on any atom is -0.391 e. The summed E-state index contributed by atoms with van der Waals surface area (Å²) in [5, 5.41) is 13.2. The van der Waals surface area contributed by atoms with Crippen molar-refractivity contribution in [2.45, 2.75) is 19.4 Å². The SMILES string of the molecule is COCC(O)CCNc1cc(C)nc2c(F)c(F)ccc12. The van der Waals surface area contributed by atoms with Crippen LogP contribution in [0.4, 0.5) is 14.5 Å². The van der Waals surface area contributed by atoms with Gasteiger partial charge in [-0.2, -0.15) is 0 Å². The number of hydrogen-bond donors (Lipinski definition) is 2. The number of aliphatic hydroxyl groups is 1.